The molecule has 8 heteroatoms. The number of aromatic nitrogens is 1. The Labute approximate surface area is 135 Å². The van der Waals surface area contributed by atoms with E-state index in [4.69, 9.17) is 4.74 Å². The van der Waals surface area contributed by atoms with Gasteiger partial charge in [0.05, 0.1) is 18.4 Å². The van der Waals surface area contributed by atoms with E-state index >= 15 is 0 Å². The first-order chi connectivity index (χ1) is 10.8. The summed E-state index contributed by atoms with van der Waals surface area (Å²) in [5, 5.41) is 13.0. The summed E-state index contributed by atoms with van der Waals surface area (Å²) in [5.41, 5.74) is 0.614. The summed E-state index contributed by atoms with van der Waals surface area (Å²) in [6, 6.07) is 6.96. The fourth-order valence-electron chi connectivity index (χ4n) is 1.86. The number of alkyl halides is 3. The number of halogens is 3. The molecule has 0 aliphatic heterocycles. The fraction of sp³-hybridized carbons (Fsp3) is 0.400. The van der Waals surface area contributed by atoms with Crippen LogP contribution in [-0.2, 0) is 6.18 Å². The Morgan fingerprint density at radius 2 is 2.09 bits per heavy atom. The van der Waals surface area contributed by atoms with E-state index in [1.807, 2.05) is 13.8 Å². The minimum Gasteiger partial charge on any atom is -0.491 e. The molecule has 1 atom stereocenters. The predicted octanol–water partition coefficient (Wildman–Crippen LogP) is 4.09. The number of hydrogen-bond donors (Lipinski definition) is 2. The number of nitrogens with one attached hydrogen (secondary N) is 1. The van der Waals surface area contributed by atoms with Crippen LogP contribution in [0.1, 0.15) is 30.4 Å². The SMILES string of the molecule is CC(C)Oc1cccc(C(O)CNc2ncc(C(F)(F)F)s2)c1. The van der Waals surface area contributed by atoms with Crippen LogP contribution >= 0.6 is 11.3 Å². The first-order valence-electron chi connectivity index (χ1n) is 6.97. The lowest BCUT2D eigenvalue weighted by molar-refractivity contribution is -0.134. The predicted molar refractivity (Wildman–Crippen MR) is 82.8 cm³/mol. The average molecular weight is 346 g/mol. The molecule has 0 saturated heterocycles. The van der Waals surface area contributed by atoms with E-state index in [1.54, 1.807) is 24.3 Å². The molecule has 1 aromatic carbocycles. The van der Waals surface area contributed by atoms with Gasteiger partial charge >= 0.3 is 6.18 Å². The minimum atomic E-state index is -4.40. The average Bonchev–Trinajstić information content (AvgIpc) is 2.93. The number of hydrogen-bond acceptors (Lipinski definition) is 5. The van der Waals surface area contributed by atoms with Crippen LogP contribution < -0.4 is 10.1 Å². The Morgan fingerprint density at radius 1 is 1.35 bits per heavy atom. The van der Waals surface area contributed by atoms with Gasteiger partial charge in [0, 0.05) is 6.54 Å². The Bertz CT molecular complexity index is 644. The molecule has 2 aromatic rings. The van der Waals surface area contributed by atoms with Gasteiger partial charge in [-0.3, -0.25) is 0 Å². The zero-order valence-electron chi connectivity index (χ0n) is 12.6. The molecule has 1 unspecified atom stereocenters. The summed E-state index contributed by atoms with van der Waals surface area (Å²) >= 11 is 0.506. The van der Waals surface area contributed by atoms with Gasteiger partial charge in [-0.1, -0.05) is 23.5 Å². The van der Waals surface area contributed by atoms with Crippen LogP contribution in [0.3, 0.4) is 0 Å². The van der Waals surface area contributed by atoms with Crippen LogP contribution in [0.5, 0.6) is 5.75 Å². The molecule has 1 heterocycles. The molecule has 0 fully saturated rings. The number of thiazole rings is 1. The lowest BCUT2D eigenvalue weighted by Gasteiger charge is -2.14. The summed E-state index contributed by atoms with van der Waals surface area (Å²) in [7, 11) is 0. The molecule has 4 nitrogen and oxygen atoms in total. The van der Waals surface area contributed by atoms with E-state index in [-0.39, 0.29) is 17.8 Å². The van der Waals surface area contributed by atoms with E-state index in [0.717, 1.165) is 6.20 Å². The fourth-order valence-corrected chi connectivity index (χ4v) is 2.55. The van der Waals surface area contributed by atoms with Gasteiger partial charge in [-0.05, 0) is 31.5 Å². The Balaban J connectivity index is 1.97. The van der Waals surface area contributed by atoms with Crippen molar-refractivity contribution >= 4 is 16.5 Å². The zero-order chi connectivity index (χ0) is 17.0. The van der Waals surface area contributed by atoms with Crippen LogP contribution in [0.25, 0.3) is 0 Å². The summed E-state index contributed by atoms with van der Waals surface area (Å²) in [6.07, 6.45) is -4.50. The molecule has 0 amide bonds. The maximum absolute atomic E-state index is 12.5. The number of benzene rings is 1. The summed E-state index contributed by atoms with van der Waals surface area (Å²) in [4.78, 5) is 2.88. The third-order valence-corrected chi connectivity index (χ3v) is 3.85. The summed E-state index contributed by atoms with van der Waals surface area (Å²) in [6.45, 7) is 3.84. The Morgan fingerprint density at radius 3 is 2.70 bits per heavy atom. The van der Waals surface area contributed by atoms with Crippen LogP contribution in [0.4, 0.5) is 18.3 Å². The molecule has 0 radical (unpaired) electrons. The van der Waals surface area contributed by atoms with Gasteiger partial charge < -0.3 is 15.2 Å². The Hall–Kier alpha value is -1.80. The molecule has 0 aliphatic rings. The van der Waals surface area contributed by atoms with Crippen molar-refractivity contribution in [3.8, 4) is 5.75 Å². The summed E-state index contributed by atoms with van der Waals surface area (Å²) in [5.74, 6) is 0.630. The molecule has 0 saturated carbocycles. The van der Waals surface area contributed by atoms with Crippen molar-refractivity contribution in [1.29, 1.82) is 0 Å². The van der Waals surface area contributed by atoms with Crippen molar-refractivity contribution in [2.45, 2.75) is 32.2 Å². The van der Waals surface area contributed by atoms with E-state index < -0.39 is 17.2 Å². The number of ether oxygens (including phenoxy) is 1. The van der Waals surface area contributed by atoms with E-state index in [1.165, 1.54) is 0 Å². The van der Waals surface area contributed by atoms with Gasteiger partial charge in [-0.2, -0.15) is 13.2 Å². The number of nitrogens with zero attached hydrogens (tertiary/aromatic N) is 1. The highest BCUT2D eigenvalue weighted by molar-refractivity contribution is 7.15. The molecule has 0 bridgehead atoms. The van der Waals surface area contributed by atoms with Crippen LogP contribution in [0.15, 0.2) is 30.5 Å². The number of rotatable bonds is 6. The van der Waals surface area contributed by atoms with Crippen molar-refractivity contribution in [2.24, 2.45) is 0 Å². The first kappa shape index (κ1) is 17.6. The highest BCUT2D eigenvalue weighted by Gasteiger charge is 2.33. The number of aliphatic hydroxyl groups is 1. The molecule has 2 rings (SSSR count). The molecule has 1 aromatic heterocycles. The quantitative estimate of drug-likeness (QED) is 0.827. The largest absolute Gasteiger partial charge is 0.491 e. The lowest BCUT2D eigenvalue weighted by Crippen LogP contribution is -2.12. The maximum Gasteiger partial charge on any atom is 0.427 e. The monoisotopic (exact) mass is 346 g/mol. The molecule has 0 spiro atoms. The highest BCUT2D eigenvalue weighted by Crippen LogP contribution is 2.35. The first-order valence-corrected chi connectivity index (χ1v) is 7.79. The molecule has 2 N–H and O–H groups in total. The number of anilines is 1. The standard InChI is InChI=1S/C15H17F3N2O2S/c1-9(2)22-11-5-3-4-10(6-11)12(21)7-19-14-20-8-13(23-14)15(16,17)18/h3-6,8-9,12,21H,7H2,1-2H3,(H,19,20). The molecule has 23 heavy (non-hydrogen) atoms. The van der Waals surface area contributed by atoms with Gasteiger partial charge in [0.15, 0.2) is 5.13 Å². The molecular formula is C15H17F3N2O2S. The van der Waals surface area contributed by atoms with Crippen LogP contribution in [0, 0.1) is 0 Å². The van der Waals surface area contributed by atoms with E-state index in [9.17, 15) is 18.3 Å². The van der Waals surface area contributed by atoms with Crippen molar-refractivity contribution in [3.05, 3.63) is 40.9 Å². The second-order valence-electron chi connectivity index (χ2n) is 5.16. The second kappa shape index (κ2) is 7.18. The van der Waals surface area contributed by atoms with Gasteiger partial charge in [0.25, 0.3) is 0 Å². The van der Waals surface area contributed by atoms with E-state index in [2.05, 4.69) is 10.3 Å². The minimum absolute atomic E-state index is 0.0108. The third kappa shape index (κ3) is 5.11. The molecule has 126 valence electrons. The van der Waals surface area contributed by atoms with Crippen molar-refractivity contribution < 1.29 is 23.0 Å². The molecule has 0 aliphatic carbocycles. The Kier molecular flexibility index (Phi) is 5.48. The van der Waals surface area contributed by atoms with Crippen LogP contribution in [-0.4, -0.2) is 22.7 Å². The van der Waals surface area contributed by atoms with Crippen molar-refractivity contribution in [3.63, 3.8) is 0 Å². The maximum atomic E-state index is 12.5. The van der Waals surface area contributed by atoms with Gasteiger partial charge in [-0.15, -0.1) is 0 Å². The van der Waals surface area contributed by atoms with Gasteiger partial charge in [-0.25, -0.2) is 4.98 Å². The van der Waals surface area contributed by atoms with Gasteiger partial charge in [0.2, 0.25) is 0 Å². The number of aliphatic hydroxyl groups excluding tert-OH is 1. The van der Waals surface area contributed by atoms with E-state index in [0.29, 0.717) is 22.6 Å². The zero-order valence-corrected chi connectivity index (χ0v) is 13.4. The third-order valence-electron chi connectivity index (χ3n) is 2.85. The topological polar surface area (TPSA) is 54.4 Å². The normalized spacial score (nSPS) is 13.2. The highest BCUT2D eigenvalue weighted by atomic mass is 32.1. The smallest absolute Gasteiger partial charge is 0.427 e. The van der Waals surface area contributed by atoms with Crippen molar-refractivity contribution in [2.75, 3.05) is 11.9 Å². The van der Waals surface area contributed by atoms with Crippen molar-refractivity contribution in [1.82, 2.24) is 4.98 Å². The van der Waals surface area contributed by atoms with Crippen LogP contribution in [0.2, 0.25) is 0 Å². The van der Waals surface area contributed by atoms with Gasteiger partial charge in [0.1, 0.15) is 10.6 Å². The summed E-state index contributed by atoms with van der Waals surface area (Å²) < 4.78 is 43.0. The lowest BCUT2D eigenvalue weighted by atomic mass is 10.1. The second-order valence-corrected chi connectivity index (χ2v) is 6.19. The molecular weight excluding hydrogens is 329 g/mol.